The minimum Gasteiger partial charge on any atom is -0.368 e. The Hall–Kier alpha value is -1.77. The monoisotopic (exact) mass is 202 g/mol. The fraction of sp³-hybridized carbons (Fsp3) is 0.250. The van der Waals surface area contributed by atoms with Gasteiger partial charge in [-0.1, -0.05) is 30.4 Å². The van der Waals surface area contributed by atoms with Gasteiger partial charge in [-0.2, -0.15) is 0 Å². The van der Waals surface area contributed by atoms with Gasteiger partial charge in [-0.3, -0.25) is 4.79 Å². The number of primary amides is 1. The number of rotatable bonds is 2. The summed E-state index contributed by atoms with van der Waals surface area (Å²) in [6.07, 6.45) is 5.16. The van der Waals surface area contributed by atoms with Crippen LogP contribution in [0.2, 0.25) is 0 Å². The van der Waals surface area contributed by atoms with Gasteiger partial charge in [0.15, 0.2) is 0 Å². The van der Waals surface area contributed by atoms with E-state index in [4.69, 9.17) is 5.73 Å². The van der Waals surface area contributed by atoms with Gasteiger partial charge in [0.05, 0.1) is 6.54 Å². The standard InChI is InChI=1S/C12H14N2O/c13-12(15)9-14-8-4-3-6-10-5-1-2-7-11(10)14/h1-3,5-7H,4,8-9H2,(H2,13,15). The first-order valence-electron chi connectivity index (χ1n) is 5.06. The Morgan fingerprint density at radius 1 is 1.40 bits per heavy atom. The number of hydrogen-bond acceptors (Lipinski definition) is 2. The Balaban J connectivity index is 2.33. The van der Waals surface area contributed by atoms with Crippen molar-refractivity contribution in [1.29, 1.82) is 0 Å². The van der Waals surface area contributed by atoms with Gasteiger partial charge in [0.25, 0.3) is 0 Å². The Morgan fingerprint density at radius 3 is 3.00 bits per heavy atom. The van der Waals surface area contributed by atoms with Crippen LogP contribution in [0.4, 0.5) is 5.69 Å². The van der Waals surface area contributed by atoms with Crippen molar-refractivity contribution in [3.63, 3.8) is 0 Å². The lowest BCUT2D eigenvalue weighted by Crippen LogP contribution is -2.34. The van der Waals surface area contributed by atoms with Crippen LogP contribution >= 0.6 is 0 Å². The van der Waals surface area contributed by atoms with Crippen LogP contribution in [0.15, 0.2) is 30.3 Å². The molecule has 1 aromatic carbocycles. The van der Waals surface area contributed by atoms with E-state index in [0.717, 1.165) is 24.2 Å². The molecule has 3 heteroatoms. The molecule has 15 heavy (non-hydrogen) atoms. The van der Waals surface area contributed by atoms with Crippen LogP contribution in [-0.2, 0) is 4.79 Å². The molecule has 78 valence electrons. The predicted molar refractivity (Wildman–Crippen MR) is 61.5 cm³/mol. The summed E-state index contributed by atoms with van der Waals surface area (Å²) in [6, 6.07) is 8.04. The fourth-order valence-corrected chi connectivity index (χ4v) is 1.83. The first-order chi connectivity index (χ1) is 7.27. The predicted octanol–water partition coefficient (Wildman–Crippen LogP) is 1.40. The Kier molecular flexibility index (Phi) is 2.72. The normalized spacial score (nSPS) is 14.5. The fourth-order valence-electron chi connectivity index (χ4n) is 1.83. The first kappa shape index (κ1) is 9.77. The number of carbonyl (C=O) groups is 1. The molecule has 0 atom stereocenters. The molecule has 1 aliphatic rings. The van der Waals surface area contributed by atoms with E-state index < -0.39 is 0 Å². The molecule has 0 saturated heterocycles. The van der Waals surface area contributed by atoms with Gasteiger partial charge in [-0.05, 0) is 18.1 Å². The summed E-state index contributed by atoms with van der Waals surface area (Å²) >= 11 is 0. The highest BCUT2D eigenvalue weighted by molar-refractivity contribution is 5.81. The minimum absolute atomic E-state index is 0.285. The molecule has 1 amide bonds. The number of hydrogen-bond donors (Lipinski definition) is 1. The maximum atomic E-state index is 10.9. The molecule has 1 aliphatic heterocycles. The summed E-state index contributed by atoms with van der Waals surface area (Å²) in [7, 11) is 0. The number of nitrogens with zero attached hydrogens (tertiary/aromatic N) is 1. The average molecular weight is 202 g/mol. The molecule has 0 spiro atoms. The second-order valence-electron chi connectivity index (χ2n) is 3.64. The van der Waals surface area contributed by atoms with E-state index in [1.165, 1.54) is 0 Å². The van der Waals surface area contributed by atoms with Crippen molar-refractivity contribution in [3.8, 4) is 0 Å². The number of nitrogens with two attached hydrogens (primary N) is 1. The van der Waals surface area contributed by atoms with Gasteiger partial charge in [-0.25, -0.2) is 0 Å². The van der Waals surface area contributed by atoms with Gasteiger partial charge in [0.2, 0.25) is 5.91 Å². The number of fused-ring (bicyclic) bond motifs is 1. The molecule has 2 rings (SSSR count). The van der Waals surface area contributed by atoms with Gasteiger partial charge in [-0.15, -0.1) is 0 Å². The van der Waals surface area contributed by atoms with Crippen molar-refractivity contribution in [1.82, 2.24) is 0 Å². The minimum atomic E-state index is -0.285. The zero-order valence-electron chi connectivity index (χ0n) is 8.52. The van der Waals surface area contributed by atoms with Crippen LogP contribution in [0.1, 0.15) is 12.0 Å². The summed E-state index contributed by atoms with van der Waals surface area (Å²) in [6.45, 7) is 1.13. The first-order valence-corrected chi connectivity index (χ1v) is 5.06. The van der Waals surface area contributed by atoms with Crippen LogP contribution in [0, 0.1) is 0 Å². The SMILES string of the molecule is NC(=O)CN1CCC=Cc2ccccc21. The van der Waals surface area contributed by atoms with Gasteiger partial charge in [0, 0.05) is 12.2 Å². The number of carbonyl (C=O) groups excluding carboxylic acids is 1. The summed E-state index contributed by atoms with van der Waals surface area (Å²) in [5.41, 5.74) is 7.47. The lowest BCUT2D eigenvalue weighted by Gasteiger charge is -2.22. The molecule has 0 saturated carbocycles. The average Bonchev–Trinajstić information content (AvgIpc) is 2.41. The number of amides is 1. The zero-order valence-corrected chi connectivity index (χ0v) is 8.52. The molecule has 0 unspecified atom stereocenters. The molecule has 0 aliphatic carbocycles. The summed E-state index contributed by atoms with van der Waals surface area (Å²) < 4.78 is 0. The van der Waals surface area contributed by atoms with Gasteiger partial charge in [0.1, 0.15) is 0 Å². The van der Waals surface area contributed by atoms with Crippen molar-refractivity contribution in [2.24, 2.45) is 5.73 Å². The van der Waals surface area contributed by atoms with E-state index >= 15 is 0 Å². The Labute approximate surface area is 89.2 Å². The van der Waals surface area contributed by atoms with E-state index in [-0.39, 0.29) is 5.91 Å². The topological polar surface area (TPSA) is 46.3 Å². The second kappa shape index (κ2) is 4.17. The number of benzene rings is 1. The zero-order chi connectivity index (χ0) is 10.7. The molecule has 1 heterocycles. The Bertz CT molecular complexity index is 398. The molecule has 3 nitrogen and oxygen atoms in total. The largest absolute Gasteiger partial charge is 0.368 e. The van der Waals surface area contributed by atoms with E-state index in [9.17, 15) is 4.79 Å². The second-order valence-corrected chi connectivity index (χ2v) is 3.64. The van der Waals surface area contributed by atoms with Crippen LogP contribution in [0.3, 0.4) is 0 Å². The smallest absolute Gasteiger partial charge is 0.236 e. The highest BCUT2D eigenvalue weighted by atomic mass is 16.1. The number of para-hydroxylation sites is 1. The third-order valence-corrected chi connectivity index (χ3v) is 2.49. The molecule has 0 aromatic heterocycles. The van der Waals surface area contributed by atoms with Crippen LogP contribution in [-0.4, -0.2) is 19.0 Å². The highest BCUT2D eigenvalue weighted by Gasteiger charge is 2.13. The number of anilines is 1. The summed E-state index contributed by atoms with van der Waals surface area (Å²) in [5.74, 6) is -0.285. The van der Waals surface area contributed by atoms with E-state index in [1.807, 2.05) is 29.2 Å². The molecular weight excluding hydrogens is 188 g/mol. The van der Waals surface area contributed by atoms with Crippen molar-refractivity contribution >= 4 is 17.7 Å². The third kappa shape index (κ3) is 2.18. The third-order valence-electron chi connectivity index (χ3n) is 2.49. The molecule has 0 bridgehead atoms. The quantitative estimate of drug-likeness (QED) is 0.787. The Morgan fingerprint density at radius 2 is 2.20 bits per heavy atom. The lowest BCUT2D eigenvalue weighted by molar-refractivity contribution is -0.116. The lowest BCUT2D eigenvalue weighted by atomic mass is 10.1. The van der Waals surface area contributed by atoms with Crippen molar-refractivity contribution in [2.45, 2.75) is 6.42 Å². The molecular formula is C12H14N2O. The molecule has 0 radical (unpaired) electrons. The summed E-state index contributed by atoms with van der Waals surface area (Å²) in [5, 5.41) is 0. The van der Waals surface area contributed by atoms with E-state index in [0.29, 0.717) is 6.54 Å². The van der Waals surface area contributed by atoms with Crippen molar-refractivity contribution < 1.29 is 4.79 Å². The maximum Gasteiger partial charge on any atom is 0.236 e. The molecule has 2 N–H and O–H groups in total. The van der Waals surface area contributed by atoms with Crippen LogP contribution in [0.5, 0.6) is 0 Å². The van der Waals surface area contributed by atoms with Crippen molar-refractivity contribution in [3.05, 3.63) is 35.9 Å². The molecule has 1 aromatic rings. The van der Waals surface area contributed by atoms with Gasteiger partial charge < -0.3 is 10.6 Å². The van der Waals surface area contributed by atoms with Crippen LogP contribution in [0.25, 0.3) is 6.08 Å². The molecule has 0 fully saturated rings. The maximum absolute atomic E-state index is 10.9. The summed E-state index contributed by atoms with van der Waals surface area (Å²) in [4.78, 5) is 13.0. The highest BCUT2D eigenvalue weighted by Crippen LogP contribution is 2.24. The van der Waals surface area contributed by atoms with E-state index in [1.54, 1.807) is 0 Å². The van der Waals surface area contributed by atoms with Crippen LogP contribution < -0.4 is 10.6 Å². The van der Waals surface area contributed by atoms with Crippen molar-refractivity contribution in [2.75, 3.05) is 18.0 Å². The van der Waals surface area contributed by atoms with E-state index in [2.05, 4.69) is 12.2 Å². The van der Waals surface area contributed by atoms with Gasteiger partial charge >= 0.3 is 0 Å².